The summed E-state index contributed by atoms with van der Waals surface area (Å²) in [5.74, 6) is -1.82. The largest absolute Gasteiger partial charge is 0.415 e. The van der Waals surface area contributed by atoms with Crippen LogP contribution in [0.1, 0.15) is 24.3 Å². The molecule has 0 radical (unpaired) electrons. The average molecular weight is 482 g/mol. The first kappa shape index (κ1) is 24.0. The Morgan fingerprint density at radius 1 is 1.16 bits per heavy atom. The molecule has 3 N–H and O–H groups in total. The molecule has 1 aliphatic rings. The number of benzene rings is 2. The van der Waals surface area contributed by atoms with Crippen molar-refractivity contribution < 1.29 is 23.5 Å². The van der Waals surface area contributed by atoms with Gasteiger partial charge in [0.25, 0.3) is 0 Å². The summed E-state index contributed by atoms with van der Waals surface area (Å²) < 4.78 is 18.6. The van der Waals surface area contributed by atoms with E-state index in [0.29, 0.717) is 22.2 Å². The van der Waals surface area contributed by atoms with E-state index in [0.717, 1.165) is 12.1 Å². The molecule has 0 aliphatic carbocycles. The van der Waals surface area contributed by atoms with Crippen LogP contribution in [0.5, 0.6) is 5.75 Å². The van der Waals surface area contributed by atoms with Gasteiger partial charge in [0.2, 0.25) is 5.91 Å². The van der Waals surface area contributed by atoms with Crippen molar-refractivity contribution in [1.29, 1.82) is 0 Å². The van der Waals surface area contributed by atoms with E-state index in [1.165, 1.54) is 24.1 Å². The van der Waals surface area contributed by atoms with Crippen LogP contribution in [-0.2, 0) is 9.59 Å². The second kappa shape index (κ2) is 9.85. The molecule has 2 amide bonds. The van der Waals surface area contributed by atoms with Gasteiger partial charge in [-0.1, -0.05) is 29.3 Å². The van der Waals surface area contributed by atoms with Gasteiger partial charge in [0.15, 0.2) is 5.78 Å². The predicted octanol–water partition coefficient (Wildman–Crippen LogP) is 3.52. The molecule has 0 spiro atoms. The molecule has 2 aromatic rings. The zero-order chi connectivity index (χ0) is 23.5. The highest BCUT2D eigenvalue weighted by Gasteiger charge is 2.54. The number of carbonyl (C=O) groups excluding carboxylic acids is 3. The highest BCUT2D eigenvalue weighted by Crippen LogP contribution is 2.40. The lowest BCUT2D eigenvalue weighted by Gasteiger charge is -2.41. The molecule has 2 aromatic carbocycles. The van der Waals surface area contributed by atoms with Crippen LogP contribution in [0.3, 0.4) is 0 Å². The zero-order valence-corrected chi connectivity index (χ0v) is 18.8. The van der Waals surface area contributed by atoms with E-state index in [2.05, 4.69) is 5.32 Å². The highest BCUT2D eigenvalue weighted by molar-refractivity contribution is 6.42. The van der Waals surface area contributed by atoms with E-state index in [-0.39, 0.29) is 30.9 Å². The van der Waals surface area contributed by atoms with Crippen LogP contribution in [0.15, 0.2) is 42.5 Å². The maximum Gasteiger partial charge on any atom is 0.415 e. The van der Waals surface area contributed by atoms with Gasteiger partial charge in [0, 0.05) is 38.9 Å². The van der Waals surface area contributed by atoms with E-state index in [9.17, 15) is 18.8 Å². The highest BCUT2D eigenvalue weighted by atomic mass is 35.5. The van der Waals surface area contributed by atoms with Crippen molar-refractivity contribution in [1.82, 2.24) is 10.2 Å². The fourth-order valence-corrected chi connectivity index (χ4v) is 4.25. The fraction of sp³-hybridized carbons (Fsp3) is 0.318. The van der Waals surface area contributed by atoms with Gasteiger partial charge in [-0.05, 0) is 42.0 Å². The number of hydrogen-bond donors (Lipinski definition) is 2. The molecule has 170 valence electrons. The number of nitrogens with one attached hydrogen (secondary N) is 1. The monoisotopic (exact) mass is 481 g/mol. The number of hydrogen-bond acceptors (Lipinski definition) is 5. The van der Waals surface area contributed by atoms with Crippen LogP contribution < -0.4 is 15.8 Å². The van der Waals surface area contributed by atoms with Crippen molar-refractivity contribution in [3.05, 3.63) is 63.9 Å². The van der Waals surface area contributed by atoms with E-state index >= 15 is 0 Å². The summed E-state index contributed by atoms with van der Waals surface area (Å²) in [5.41, 5.74) is 4.56. The SMILES string of the molecule is CN(C(=O)Oc1ccc(F)cc1)[C@@]1(C(=O)CCC(N)=O)CNC[C@@H]1c1ccc(Cl)c(Cl)c1. The topological polar surface area (TPSA) is 102 Å². The average Bonchev–Trinajstić information content (AvgIpc) is 3.21. The number of ether oxygens (including phenoxy) is 1. The molecule has 0 aromatic heterocycles. The van der Waals surface area contributed by atoms with Crippen molar-refractivity contribution >= 4 is 41.0 Å². The van der Waals surface area contributed by atoms with Gasteiger partial charge in [-0.15, -0.1) is 0 Å². The molecular weight excluding hydrogens is 460 g/mol. The number of ketones is 1. The van der Waals surface area contributed by atoms with E-state index in [4.69, 9.17) is 33.7 Å². The van der Waals surface area contributed by atoms with Gasteiger partial charge < -0.3 is 15.8 Å². The second-order valence-corrected chi connectivity index (χ2v) is 8.37. The van der Waals surface area contributed by atoms with Crippen molar-refractivity contribution in [2.75, 3.05) is 20.1 Å². The number of Topliss-reactive ketones (excluding diaryl/α,β-unsaturated/α-hetero) is 1. The quantitative estimate of drug-likeness (QED) is 0.629. The smallest absolute Gasteiger partial charge is 0.410 e. The molecule has 7 nitrogen and oxygen atoms in total. The third kappa shape index (κ3) is 4.87. The summed E-state index contributed by atoms with van der Waals surface area (Å²) in [6.45, 7) is 0.499. The summed E-state index contributed by atoms with van der Waals surface area (Å²) >= 11 is 12.2. The number of amides is 2. The Morgan fingerprint density at radius 2 is 1.84 bits per heavy atom. The Labute approximate surface area is 194 Å². The van der Waals surface area contributed by atoms with Crippen molar-refractivity contribution in [3.63, 3.8) is 0 Å². The number of rotatable bonds is 7. The molecule has 32 heavy (non-hydrogen) atoms. The first-order valence-electron chi connectivity index (χ1n) is 9.83. The Kier molecular flexibility index (Phi) is 7.38. The minimum absolute atomic E-state index is 0.125. The lowest BCUT2D eigenvalue weighted by molar-refractivity contribution is -0.131. The molecule has 1 aliphatic heterocycles. The minimum Gasteiger partial charge on any atom is -0.410 e. The fourth-order valence-electron chi connectivity index (χ4n) is 3.94. The van der Waals surface area contributed by atoms with Gasteiger partial charge in [-0.25, -0.2) is 9.18 Å². The van der Waals surface area contributed by atoms with Gasteiger partial charge in [0.1, 0.15) is 17.1 Å². The first-order chi connectivity index (χ1) is 15.1. The van der Waals surface area contributed by atoms with Crippen LogP contribution in [0.25, 0.3) is 0 Å². The van der Waals surface area contributed by atoms with Crippen LogP contribution in [0, 0.1) is 5.82 Å². The Morgan fingerprint density at radius 3 is 2.47 bits per heavy atom. The molecule has 3 rings (SSSR count). The number of nitrogens with zero attached hydrogens (tertiary/aromatic N) is 1. The molecular formula is C22H22Cl2FN3O4. The number of carbonyl (C=O) groups is 3. The summed E-state index contributed by atoms with van der Waals surface area (Å²) in [6.07, 6.45) is -1.11. The first-order valence-corrected chi connectivity index (χ1v) is 10.6. The molecule has 1 fully saturated rings. The molecule has 0 saturated carbocycles. The van der Waals surface area contributed by atoms with E-state index < -0.39 is 29.3 Å². The second-order valence-electron chi connectivity index (χ2n) is 7.55. The maximum atomic E-state index is 13.4. The van der Waals surface area contributed by atoms with Crippen LogP contribution in [-0.4, -0.2) is 48.4 Å². The van der Waals surface area contributed by atoms with Gasteiger partial charge in [-0.3, -0.25) is 14.5 Å². The van der Waals surface area contributed by atoms with Crippen LogP contribution in [0.4, 0.5) is 9.18 Å². The summed E-state index contributed by atoms with van der Waals surface area (Å²) in [6, 6.07) is 9.95. The Balaban J connectivity index is 1.98. The summed E-state index contributed by atoms with van der Waals surface area (Å²) in [5, 5.41) is 3.83. The normalized spacial score (nSPS) is 20.1. The van der Waals surface area contributed by atoms with Crippen molar-refractivity contribution in [2.24, 2.45) is 5.73 Å². The number of primary amides is 1. The maximum absolute atomic E-state index is 13.4. The van der Waals surface area contributed by atoms with Crippen molar-refractivity contribution in [3.8, 4) is 5.75 Å². The molecule has 2 atom stereocenters. The number of halogens is 3. The van der Waals surface area contributed by atoms with Crippen LogP contribution >= 0.6 is 23.2 Å². The molecule has 1 saturated heterocycles. The van der Waals surface area contributed by atoms with Gasteiger partial charge in [-0.2, -0.15) is 0 Å². The summed E-state index contributed by atoms with van der Waals surface area (Å²) in [7, 11) is 1.45. The molecule has 0 bridgehead atoms. The number of nitrogens with two attached hydrogens (primary N) is 1. The third-order valence-electron chi connectivity index (χ3n) is 5.64. The van der Waals surface area contributed by atoms with E-state index in [1.54, 1.807) is 18.2 Å². The van der Waals surface area contributed by atoms with Gasteiger partial charge in [0.05, 0.1) is 10.0 Å². The van der Waals surface area contributed by atoms with Gasteiger partial charge >= 0.3 is 6.09 Å². The molecule has 10 heteroatoms. The summed E-state index contributed by atoms with van der Waals surface area (Å²) in [4.78, 5) is 39.0. The lowest BCUT2D eigenvalue weighted by Crippen LogP contribution is -2.60. The number of likely N-dealkylation sites (N-methyl/N-ethyl adjacent to an activating group) is 1. The predicted molar refractivity (Wildman–Crippen MR) is 118 cm³/mol. The van der Waals surface area contributed by atoms with E-state index in [1.807, 2.05) is 0 Å². The van der Waals surface area contributed by atoms with Crippen molar-refractivity contribution in [2.45, 2.75) is 24.3 Å². The minimum atomic E-state index is -1.37. The molecule has 0 unspecified atom stereocenters. The third-order valence-corrected chi connectivity index (χ3v) is 6.38. The van der Waals surface area contributed by atoms with Crippen LogP contribution in [0.2, 0.25) is 10.0 Å². The molecule has 1 heterocycles. The Bertz CT molecular complexity index is 1030. The Hall–Kier alpha value is -2.68. The standard InChI is InChI=1S/C22H22Cl2FN3O4/c1-28(21(31)32-15-5-3-14(25)4-6-15)22(19(29)8-9-20(26)30)12-27-11-16(22)13-2-7-17(23)18(24)10-13/h2-7,10,16,27H,8-9,11-12H2,1H3,(H2,26,30)/t16-,22+/m1/s1. The zero-order valence-electron chi connectivity index (χ0n) is 17.2. The lowest BCUT2D eigenvalue weighted by atomic mass is 9.76.